The molecule has 3 N–H and O–H groups in total. The highest BCUT2D eigenvalue weighted by molar-refractivity contribution is 5.96. The van der Waals surface area contributed by atoms with E-state index in [0.29, 0.717) is 93.3 Å². The molecule has 0 saturated carbocycles. The average Bonchev–Trinajstić information content (AvgIpc) is 3.36. The van der Waals surface area contributed by atoms with Crippen LogP contribution in [0.25, 0.3) is 0 Å². The Bertz CT molecular complexity index is 1080. The molecule has 1 amide bonds. The highest BCUT2D eigenvalue weighted by Crippen LogP contribution is 2.33. The normalized spacial score (nSPS) is 18.6. The van der Waals surface area contributed by atoms with Crippen molar-refractivity contribution >= 4 is 11.7 Å². The maximum absolute atomic E-state index is 12.8. The molecule has 9 nitrogen and oxygen atoms in total. The van der Waals surface area contributed by atoms with Gasteiger partial charge in [-0.1, -0.05) is 12.5 Å². The average molecular weight is 527 g/mol. The molecule has 0 bridgehead atoms. The van der Waals surface area contributed by atoms with Gasteiger partial charge in [0.25, 0.3) is 0 Å². The predicted molar refractivity (Wildman–Crippen MR) is 142 cm³/mol. The van der Waals surface area contributed by atoms with Gasteiger partial charge in [-0.25, -0.2) is 0 Å². The number of Topliss-reactive ketones (excluding diaryl/α,β-unsaturated/α-hetero) is 1. The Kier molecular flexibility index (Phi) is 9.98. The van der Waals surface area contributed by atoms with E-state index in [1.165, 1.54) is 0 Å². The van der Waals surface area contributed by atoms with Gasteiger partial charge in [-0.2, -0.15) is 0 Å². The number of rotatable bonds is 13. The Hall–Kier alpha value is -3.14. The third-order valence-electron chi connectivity index (χ3n) is 7.06. The smallest absolute Gasteiger partial charge is 0.220 e. The lowest BCUT2D eigenvalue weighted by atomic mass is 10.00. The van der Waals surface area contributed by atoms with Crippen molar-refractivity contribution in [3.63, 3.8) is 0 Å². The van der Waals surface area contributed by atoms with Crippen molar-refractivity contribution in [2.45, 2.75) is 56.8 Å². The minimum Gasteiger partial charge on any atom is -0.497 e. The van der Waals surface area contributed by atoms with Gasteiger partial charge in [0.2, 0.25) is 5.91 Å². The standard InChI is InChI=1S/C29H38N2O7/c1-36-23-10-7-20(8-11-23)25(33)5-3-2-4-6-28(34)30-24(19-31-14-13-22(32)18-31)29(35)21-9-12-26-27(17-21)38-16-15-37-26/h7-12,17,22,24,29,32,35H,2-6,13-16,18-19H2,1H3,(H,30,34)/t22-,24+,29?/m0/s1. The fourth-order valence-electron chi connectivity index (χ4n) is 4.90. The number of benzene rings is 2. The van der Waals surface area contributed by atoms with Gasteiger partial charge in [0.1, 0.15) is 25.1 Å². The number of amides is 1. The fraction of sp³-hybridized carbons (Fsp3) is 0.517. The van der Waals surface area contributed by atoms with Crippen molar-refractivity contribution in [3.05, 3.63) is 53.6 Å². The molecule has 2 aliphatic heterocycles. The van der Waals surface area contributed by atoms with E-state index in [1.807, 2.05) is 0 Å². The van der Waals surface area contributed by atoms with Crippen molar-refractivity contribution in [1.29, 1.82) is 0 Å². The molecular weight excluding hydrogens is 488 g/mol. The van der Waals surface area contributed by atoms with E-state index in [0.717, 1.165) is 6.42 Å². The number of unbranched alkanes of at least 4 members (excludes halogenated alkanes) is 2. The van der Waals surface area contributed by atoms with Crippen LogP contribution in [-0.4, -0.2) is 78.9 Å². The summed E-state index contributed by atoms with van der Waals surface area (Å²) in [5, 5.41) is 24.2. The third-order valence-corrected chi connectivity index (χ3v) is 7.06. The Balaban J connectivity index is 1.27. The number of β-amino-alcohol motifs (C(OH)–C–C–N with tert-alkyl or cyclic N) is 1. The molecule has 206 valence electrons. The molecule has 0 radical (unpaired) electrons. The van der Waals surface area contributed by atoms with Crippen molar-refractivity contribution < 1.29 is 34.0 Å². The number of ether oxygens (including phenoxy) is 3. The number of ketones is 1. The zero-order chi connectivity index (χ0) is 26.9. The second kappa shape index (κ2) is 13.6. The van der Waals surface area contributed by atoms with E-state index < -0.39 is 18.2 Å². The Morgan fingerprint density at radius 2 is 1.79 bits per heavy atom. The fourth-order valence-corrected chi connectivity index (χ4v) is 4.90. The summed E-state index contributed by atoms with van der Waals surface area (Å²) < 4.78 is 16.4. The highest BCUT2D eigenvalue weighted by Gasteiger charge is 2.29. The molecule has 0 aliphatic carbocycles. The zero-order valence-corrected chi connectivity index (χ0v) is 21.9. The number of hydrogen-bond acceptors (Lipinski definition) is 8. The number of carbonyl (C=O) groups excluding carboxylic acids is 2. The van der Waals surface area contributed by atoms with Gasteiger partial charge < -0.3 is 29.7 Å². The minimum absolute atomic E-state index is 0.0764. The van der Waals surface area contributed by atoms with E-state index in [2.05, 4.69) is 10.2 Å². The SMILES string of the molecule is COc1ccc(C(=O)CCCCCC(=O)N[C@H](CN2CC[C@H](O)C2)C(O)c2ccc3c(c2)OCCO3)cc1. The van der Waals surface area contributed by atoms with Crippen molar-refractivity contribution in [3.8, 4) is 17.2 Å². The molecule has 0 aromatic heterocycles. The van der Waals surface area contributed by atoms with Gasteiger partial charge in [0.15, 0.2) is 17.3 Å². The van der Waals surface area contributed by atoms with Gasteiger partial charge in [0.05, 0.1) is 19.3 Å². The van der Waals surface area contributed by atoms with E-state index in [-0.39, 0.29) is 11.7 Å². The second-order valence-electron chi connectivity index (χ2n) is 9.94. The van der Waals surface area contributed by atoms with Crippen molar-refractivity contribution in [2.75, 3.05) is 40.0 Å². The zero-order valence-electron chi connectivity index (χ0n) is 21.9. The Labute approximate surface area is 223 Å². The summed E-state index contributed by atoms with van der Waals surface area (Å²) in [6.45, 7) is 2.59. The first kappa shape index (κ1) is 27.9. The number of nitrogens with one attached hydrogen (secondary N) is 1. The quantitative estimate of drug-likeness (QED) is 0.269. The van der Waals surface area contributed by atoms with Gasteiger partial charge in [0, 0.05) is 38.0 Å². The number of fused-ring (bicyclic) bond motifs is 1. The monoisotopic (exact) mass is 526 g/mol. The lowest BCUT2D eigenvalue weighted by Crippen LogP contribution is -2.47. The van der Waals surface area contributed by atoms with E-state index in [9.17, 15) is 19.8 Å². The number of methoxy groups -OCH3 is 1. The van der Waals surface area contributed by atoms with Gasteiger partial charge >= 0.3 is 0 Å². The van der Waals surface area contributed by atoms with Crippen LogP contribution in [0, 0.1) is 0 Å². The number of carbonyl (C=O) groups is 2. The molecule has 1 unspecified atom stereocenters. The molecule has 9 heteroatoms. The summed E-state index contributed by atoms with van der Waals surface area (Å²) in [5.41, 5.74) is 1.29. The van der Waals surface area contributed by atoms with Gasteiger partial charge in [-0.3, -0.25) is 14.5 Å². The summed E-state index contributed by atoms with van der Waals surface area (Å²) in [7, 11) is 1.59. The number of aliphatic hydroxyl groups excluding tert-OH is 2. The topological polar surface area (TPSA) is 118 Å². The third kappa shape index (κ3) is 7.69. The largest absolute Gasteiger partial charge is 0.497 e. The molecule has 2 aromatic carbocycles. The van der Waals surface area contributed by atoms with E-state index in [4.69, 9.17) is 14.2 Å². The van der Waals surface area contributed by atoms with Gasteiger partial charge in [-0.05, 0) is 61.2 Å². The molecule has 3 atom stereocenters. The first-order valence-electron chi connectivity index (χ1n) is 13.4. The molecule has 38 heavy (non-hydrogen) atoms. The molecule has 4 rings (SSSR count). The summed E-state index contributed by atoms with van der Waals surface area (Å²) in [6, 6.07) is 11.9. The highest BCUT2D eigenvalue weighted by atomic mass is 16.6. The first-order chi connectivity index (χ1) is 18.4. The summed E-state index contributed by atoms with van der Waals surface area (Å²) in [5.74, 6) is 1.87. The minimum atomic E-state index is -0.949. The van der Waals surface area contributed by atoms with Crippen LogP contribution in [0.5, 0.6) is 17.2 Å². The van der Waals surface area contributed by atoms with E-state index >= 15 is 0 Å². The van der Waals surface area contributed by atoms with E-state index in [1.54, 1.807) is 49.6 Å². The molecule has 2 aromatic rings. The number of hydrogen-bond donors (Lipinski definition) is 3. The van der Waals surface area contributed by atoms with Crippen LogP contribution in [0.3, 0.4) is 0 Å². The maximum Gasteiger partial charge on any atom is 0.220 e. The predicted octanol–water partition coefficient (Wildman–Crippen LogP) is 2.88. The van der Waals surface area contributed by atoms with Crippen LogP contribution in [0.4, 0.5) is 0 Å². The van der Waals surface area contributed by atoms with Crippen molar-refractivity contribution in [2.24, 2.45) is 0 Å². The van der Waals surface area contributed by atoms with Gasteiger partial charge in [-0.15, -0.1) is 0 Å². The van der Waals surface area contributed by atoms with Crippen LogP contribution in [0.2, 0.25) is 0 Å². The van der Waals surface area contributed by atoms with Crippen LogP contribution in [0.1, 0.15) is 60.6 Å². The molecule has 1 fully saturated rings. The van der Waals surface area contributed by atoms with Crippen LogP contribution in [0.15, 0.2) is 42.5 Å². The lowest BCUT2D eigenvalue weighted by molar-refractivity contribution is -0.123. The number of likely N-dealkylation sites (tertiary alicyclic amines) is 1. The molecule has 2 aliphatic rings. The van der Waals surface area contributed by atoms with Crippen LogP contribution in [-0.2, 0) is 4.79 Å². The number of nitrogens with zero attached hydrogens (tertiary/aromatic N) is 1. The summed E-state index contributed by atoms with van der Waals surface area (Å²) in [4.78, 5) is 27.3. The van der Waals surface area contributed by atoms with Crippen molar-refractivity contribution in [1.82, 2.24) is 10.2 Å². The molecule has 2 heterocycles. The molecule has 1 saturated heterocycles. The Morgan fingerprint density at radius 3 is 2.50 bits per heavy atom. The Morgan fingerprint density at radius 1 is 1.05 bits per heavy atom. The summed E-state index contributed by atoms with van der Waals surface area (Å²) in [6.07, 6.45) is 2.18. The maximum atomic E-state index is 12.8. The first-order valence-corrected chi connectivity index (χ1v) is 13.4. The summed E-state index contributed by atoms with van der Waals surface area (Å²) >= 11 is 0. The number of aliphatic hydroxyl groups is 2. The lowest BCUT2D eigenvalue weighted by Gasteiger charge is -2.29. The van der Waals surface area contributed by atoms with Crippen LogP contribution < -0.4 is 19.5 Å². The molecule has 0 spiro atoms. The molecular formula is C29H38N2O7. The second-order valence-corrected chi connectivity index (χ2v) is 9.94. The van der Waals surface area contributed by atoms with Crippen LogP contribution >= 0.6 is 0 Å².